The Hall–Kier alpha value is -1.68. The van der Waals surface area contributed by atoms with Crippen LogP contribution < -0.4 is 5.32 Å². The third-order valence-corrected chi connectivity index (χ3v) is 2.55. The molecule has 1 unspecified atom stereocenters. The van der Waals surface area contributed by atoms with Crippen molar-refractivity contribution >= 4 is 0 Å². The third kappa shape index (κ3) is 2.28. The van der Waals surface area contributed by atoms with Crippen molar-refractivity contribution in [1.82, 2.24) is 19.9 Å². The van der Waals surface area contributed by atoms with Crippen LogP contribution in [0.2, 0.25) is 0 Å². The van der Waals surface area contributed by atoms with Crippen LogP contribution in [-0.2, 0) is 0 Å². The molecule has 0 amide bonds. The Morgan fingerprint density at radius 2 is 2.31 bits per heavy atom. The number of aromatic nitrogens is 3. The lowest BCUT2D eigenvalue weighted by molar-refractivity contribution is 0.597. The van der Waals surface area contributed by atoms with E-state index in [2.05, 4.69) is 35.2 Å². The van der Waals surface area contributed by atoms with Crippen LogP contribution in [0.1, 0.15) is 25.5 Å². The summed E-state index contributed by atoms with van der Waals surface area (Å²) in [5, 5.41) is 3.38. The molecular weight excluding hydrogens is 200 g/mol. The first kappa shape index (κ1) is 10.8. The predicted octanol–water partition coefficient (Wildman–Crippen LogP) is 1.94. The molecule has 2 rings (SSSR count). The number of pyridine rings is 1. The molecular formula is C12H16N4. The van der Waals surface area contributed by atoms with Crippen LogP contribution in [0.4, 0.5) is 0 Å². The fourth-order valence-electron chi connectivity index (χ4n) is 1.66. The van der Waals surface area contributed by atoms with Crippen molar-refractivity contribution in [1.29, 1.82) is 0 Å². The fraction of sp³-hybridized carbons (Fsp3) is 0.333. The van der Waals surface area contributed by atoms with Crippen molar-refractivity contribution in [3.05, 3.63) is 42.6 Å². The van der Waals surface area contributed by atoms with Gasteiger partial charge in [0.15, 0.2) is 0 Å². The second kappa shape index (κ2) is 4.90. The van der Waals surface area contributed by atoms with Crippen molar-refractivity contribution in [2.45, 2.75) is 19.9 Å². The average molecular weight is 216 g/mol. The van der Waals surface area contributed by atoms with Gasteiger partial charge in [0.05, 0.1) is 0 Å². The summed E-state index contributed by atoms with van der Waals surface area (Å²) in [4.78, 5) is 8.34. The highest BCUT2D eigenvalue weighted by molar-refractivity contribution is 5.29. The summed E-state index contributed by atoms with van der Waals surface area (Å²) in [6.07, 6.45) is 7.23. The number of rotatable bonds is 4. The summed E-state index contributed by atoms with van der Waals surface area (Å²) in [5.41, 5.74) is 1.24. The van der Waals surface area contributed by atoms with Gasteiger partial charge in [0.2, 0.25) is 0 Å². The minimum absolute atomic E-state index is 0.343. The predicted molar refractivity (Wildman–Crippen MR) is 63.5 cm³/mol. The summed E-state index contributed by atoms with van der Waals surface area (Å²) in [6, 6.07) is 4.46. The molecule has 0 radical (unpaired) electrons. The molecule has 0 saturated carbocycles. The largest absolute Gasteiger partial charge is 0.310 e. The molecule has 2 aromatic heterocycles. The number of imidazole rings is 1. The molecule has 0 saturated heterocycles. The highest BCUT2D eigenvalue weighted by Gasteiger charge is 2.05. The summed E-state index contributed by atoms with van der Waals surface area (Å²) in [5.74, 6) is 0.903. The zero-order chi connectivity index (χ0) is 11.4. The summed E-state index contributed by atoms with van der Waals surface area (Å²) >= 11 is 0. The molecule has 0 aromatic carbocycles. The van der Waals surface area contributed by atoms with Gasteiger partial charge >= 0.3 is 0 Å². The van der Waals surface area contributed by atoms with Crippen LogP contribution in [-0.4, -0.2) is 21.1 Å². The van der Waals surface area contributed by atoms with Gasteiger partial charge in [0.1, 0.15) is 12.1 Å². The molecule has 0 aliphatic heterocycles. The summed E-state index contributed by atoms with van der Waals surface area (Å²) < 4.78 is 1.90. The first-order valence-electron chi connectivity index (χ1n) is 5.49. The summed E-state index contributed by atoms with van der Waals surface area (Å²) in [7, 11) is 0. The van der Waals surface area contributed by atoms with Crippen LogP contribution in [0.3, 0.4) is 0 Å². The Bertz CT molecular complexity index is 436. The van der Waals surface area contributed by atoms with Crippen molar-refractivity contribution in [3.63, 3.8) is 0 Å². The van der Waals surface area contributed by atoms with Gasteiger partial charge in [-0.15, -0.1) is 0 Å². The van der Waals surface area contributed by atoms with Gasteiger partial charge in [0, 0.05) is 24.6 Å². The van der Waals surface area contributed by atoms with Crippen LogP contribution in [0.15, 0.2) is 37.1 Å². The quantitative estimate of drug-likeness (QED) is 0.849. The second-order valence-electron chi connectivity index (χ2n) is 3.70. The van der Waals surface area contributed by atoms with Crippen LogP contribution in [0.25, 0.3) is 5.82 Å². The molecule has 84 valence electrons. The van der Waals surface area contributed by atoms with E-state index in [-0.39, 0.29) is 0 Å². The first-order valence-corrected chi connectivity index (χ1v) is 5.49. The number of nitrogens with zero attached hydrogens (tertiary/aromatic N) is 3. The average Bonchev–Trinajstić information content (AvgIpc) is 2.83. The van der Waals surface area contributed by atoms with Crippen molar-refractivity contribution in [2.24, 2.45) is 0 Å². The number of hydrogen-bond acceptors (Lipinski definition) is 3. The topological polar surface area (TPSA) is 42.7 Å². The monoisotopic (exact) mass is 216 g/mol. The van der Waals surface area contributed by atoms with Crippen LogP contribution >= 0.6 is 0 Å². The fourth-order valence-corrected chi connectivity index (χ4v) is 1.66. The smallest absolute Gasteiger partial charge is 0.138 e. The maximum absolute atomic E-state index is 4.32. The zero-order valence-electron chi connectivity index (χ0n) is 9.59. The normalized spacial score (nSPS) is 12.6. The second-order valence-corrected chi connectivity index (χ2v) is 3.70. The highest BCUT2D eigenvalue weighted by Crippen LogP contribution is 2.14. The molecule has 2 heterocycles. The molecule has 0 spiro atoms. The third-order valence-electron chi connectivity index (χ3n) is 2.55. The molecule has 4 nitrogen and oxygen atoms in total. The van der Waals surface area contributed by atoms with Gasteiger partial charge in [-0.05, 0) is 31.2 Å². The van der Waals surface area contributed by atoms with Gasteiger partial charge in [-0.2, -0.15) is 0 Å². The standard InChI is InChI=1S/C12H16N4/c1-3-14-10(2)11-4-5-15-12(8-11)16-7-6-13-9-16/h4-10,14H,3H2,1-2H3. The van der Waals surface area contributed by atoms with E-state index in [1.165, 1.54) is 5.56 Å². The lowest BCUT2D eigenvalue weighted by Crippen LogP contribution is -2.17. The number of nitrogens with one attached hydrogen (secondary N) is 1. The maximum Gasteiger partial charge on any atom is 0.138 e. The zero-order valence-corrected chi connectivity index (χ0v) is 9.59. The first-order chi connectivity index (χ1) is 7.81. The molecule has 0 fully saturated rings. The summed E-state index contributed by atoms with van der Waals surface area (Å²) in [6.45, 7) is 5.22. The van der Waals surface area contributed by atoms with Crippen molar-refractivity contribution in [3.8, 4) is 5.82 Å². The Balaban J connectivity index is 2.26. The number of hydrogen-bond donors (Lipinski definition) is 1. The van der Waals surface area contributed by atoms with E-state index in [4.69, 9.17) is 0 Å². The lowest BCUT2D eigenvalue weighted by Gasteiger charge is -2.13. The van der Waals surface area contributed by atoms with E-state index in [1.54, 1.807) is 12.5 Å². The van der Waals surface area contributed by atoms with Gasteiger partial charge in [-0.25, -0.2) is 9.97 Å². The molecule has 4 heteroatoms. The van der Waals surface area contributed by atoms with Gasteiger partial charge in [-0.1, -0.05) is 6.92 Å². The SMILES string of the molecule is CCNC(C)c1ccnc(-n2ccnc2)c1. The van der Waals surface area contributed by atoms with E-state index >= 15 is 0 Å². The van der Waals surface area contributed by atoms with Gasteiger partial charge in [-0.3, -0.25) is 4.57 Å². The Labute approximate surface area is 95.4 Å². The lowest BCUT2D eigenvalue weighted by atomic mass is 10.1. The Morgan fingerprint density at radius 1 is 1.44 bits per heavy atom. The van der Waals surface area contributed by atoms with E-state index in [0.717, 1.165) is 12.4 Å². The minimum Gasteiger partial charge on any atom is -0.310 e. The molecule has 2 aromatic rings. The molecule has 1 atom stereocenters. The molecule has 1 N–H and O–H groups in total. The maximum atomic E-state index is 4.32. The van der Waals surface area contributed by atoms with Crippen LogP contribution in [0.5, 0.6) is 0 Å². The van der Waals surface area contributed by atoms with E-state index < -0.39 is 0 Å². The molecule has 16 heavy (non-hydrogen) atoms. The van der Waals surface area contributed by atoms with E-state index in [1.807, 2.05) is 23.0 Å². The van der Waals surface area contributed by atoms with Gasteiger partial charge in [0.25, 0.3) is 0 Å². The molecule has 0 aliphatic rings. The van der Waals surface area contributed by atoms with E-state index in [9.17, 15) is 0 Å². The van der Waals surface area contributed by atoms with E-state index in [0.29, 0.717) is 6.04 Å². The minimum atomic E-state index is 0.343. The van der Waals surface area contributed by atoms with Gasteiger partial charge < -0.3 is 5.32 Å². The Kier molecular flexibility index (Phi) is 3.31. The Morgan fingerprint density at radius 3 is 3.00 bits per heavy atom. The van der Waals surface area contributed by atoms with Crippen molar-refractivity contribution in [2.75, 3.05) is 6.54 Å². The molecule has 0 aliphatic carbocycles. The highest BCUT2D eigenvalue weighted by atomic mass is 15.1. The van der Waals surface area contributed by atoms with Crippen LogP contribution in [0, 0.1) is 0 Å². The molecule has 0 bridgehead atoms. The van der Waals surface area contributed by atoms with Crippen molar-refractivity contribution < 1.29 is 0 Å².